The first-order valence-corrected chi connectivity index (χ1v) is 6.83. The zero-order valence-electron chi connectivity index (χ0n) is 11.6. The summed E-state index contributed by atoms with van der Waals surface area (Å²) in [5.41, 5.74) is 3.43. The smallest absolute Gasteiger partial charge is 0.00259 e. The molecule has 1 heterocycles. The van der Waals surface area contributed by atoms with Crippen molar-refractivity contribution in [2.45, 2.75) is 40.0 Å². The molecule has 1 fully saturated rings. The summed E-state index contributed by atoms with van der Waals surface area (Å²) < 4.78 is 0. The molecule has 0 amide bonds. The topological polar surface area (TPSA) is 12.0 Å². The van der Waals surface area contributed by atoms with Gasteiger partial charge in [-0.05, 0) is 29.4 Å². The van der Waals surface area contributed by atoms with E-state index in [0.717, 1.165) is 5.92 Å². The standard InChI is InChI=1S/C16H25N/c1-12(2)15-7-5-14(6-8-15)9-16(13(3)4)10-17-11-16/h5-8,12-13,17H,9-11H2,1-4H3. The van der Waals surface area contributed by atoms with Crippen LogP contribution in [0.15, 0.2) is 24.3 Å². The van der Waals surface area contributed by atoms with Gasteiger partial charge < -0.3 is 5.32 Å². The summed E-state index contributed by atoms with van der Waals surface area (Å²) >= 11 is 0. The van der Waals surface area contributed by atoms with E-state index in [1.54, 1.807) is 0 Å². The van der Waals surface area contributed by atoms with Gasteiger partial charge in [0, 0.05) is 18.5 Å². The van der Waals surface area contributed by atoms with Crippen LogP contribution in [0.2, 0.25) is 0 Å². The molecular weight excluding hydrogens is 206 g/mol. The second-order valence-corrected chi connectivity index (χ2v) is 6.19. The van der Waals surface area contributed by atoms with Gasteiger partial charge in [-0.3, -0.25) is 0 Å². The molecule has 1 nitrogen and oxygen atoms in total. The van der Waals surface area contributed by atoms with Crippen molar-refractivity contribution in [1.29, 1.82) is 0 Å². The van der Waals surface area contributed by atoms with E-state index >= 15 is 0 Å². The first-order chi connectivity index (χ1) is 8.03. The maximum Gasteiger partial charge on any atom is 0.00259 e. The zero-order valence-corrected chi connectivity index (χ0v) is 11.6. The monoisotopic (exact) mass is 231 g/mol. The van der Waals surface area contributed by atoms with Crippen LogP contribution in [0.4, 0.5) is 0 Å². The molecule has 0 aliphatic carbocycles. The van der Waals surface area contributed by atoms with E-state index in [1.807, 2.05) is 0 Å². The molecule has 1 aliphatic rings. The molecule has 0 unspecified atom stereocenters. The van der Waals surface area contributed by atoms with Crippen molar-refractivity contribution in [3.05, 3.63) is 35.4 Å². The Kier molecular flexibility index (Phi) is 3.58. The Morgan fingerprint density at radius 2 is 1.65 bits per heavy atom. The van der Waals surface area contributed by atoms with Crippen molar-refractivity contribution in [2.75, 3.05) is 13.1 Å². The lowest BCUT2D eigenvalue weighted by Gasteiger charge is -2.46. The third-order valence-electron chi connectivity index (χ3n) is 4.38. The minimum Gasteiger partial charge on any atom is -0.315 e. The van der Waals surface area contributed by atoms with Crippen molar-refractivity contribution in [2.24, 2.45) is 11.3 Å². The van der Waals surface area contributed by atoms with Crippen LogP contribution in [0.1, 0.15) is 44.7 Å². The fourth-order valence-corrected chi connectivity index (χ4v) is 2.61. The second-order valence-electron chi connectivity index (χ2n) is 6.19. The van der Waals surface area contributed by atoms with E-state index in [9.17, 15) is 0 Å². The Morgan fingerprint density at radius 1 is 1.06 bits per heavy atom. The van der Waals surface area contributed by atoms with E-state index in [1.165, 1.54) is 30.6 Å². The summed E-state index contributed by atoms with van der Waals surface area (Å²) in [6, 6.07) is 9.22. The molecule has 1 aliphatic heterocycles. The molecule has 17 heavy (non-hydrogen) atoms. The van der Waals surface area contributed by atoms with E-state index in [4.69, 9.17) is 0 Å². The molecule has 1 saturated heterocycles. The van der Waals surface area contributed by atoms with Crippen LogP contribution in [0.5, 0.6) is 0 Å². The van der Waals surface area contributed by atoms with E-state index < -0.39 is 0 Å². The molecule has 1 aromatic carbocycles. The first kappa shape index (κ1) is 12.6. The predicted octanol–water partition coefficient (Wildman–Crippen LogP) is 3.60. The van der Waals surface area contributed by atoms with E-state index in [-0.39, 0.29) is 0 Å². The summed E-state index contributed by atoms with van der Waals surface area (Å²) in [7, 11) is 0. The molecule has 1 aromatic rings. The maximum atomic E-state index is 3.43. The maximum absolute atomic E-state index is 3.43. The molecule has 1 heteroatoms. The van der Waals surface area contributed by atoms with Gasteiger partial charge in [0.25, 0.3) is 0 Å². The van der Waals surface area contributed by atoms with Crippen molar-refractivity contribution in [3.63, 3.8) is 0 Å². The quantitative estimate of drug-likeness (QED) is 0.835. The van der Waals surface area contributed by atoms with Crippen LogP contribution >= 0.6 is 0 Å². The van der Waals surface area contributed by atoms with Crippen molar-refractivity contribution in [3.8, 4) is 0 Å². The highest BCUT2D eigenvalue weighted by Gasteiger charge is 2.39. The fraction of sp³-hybridized carbons (Fsp3) is 0.625. The summed E-state index contributed by atoms with van der Waals surface area (Å²) in [4.78, 5) is 0. The highest BCUT2D eigenvalue weighted by Crippen LogP contribution is 2.35. The normalized spacial score (nSPS) is 18.5. The van der Waals surface area contributed by atoms with Crippen LogP contribution < -0.4 is 5.32 Å². The lowest BCUT2D eigenvalue weighted by atomic mass is 9.68. The van der Waals surface area contributed by atoms with Crippen LogP contribution in [0.25, 0.3) is 0 Å². The largest absolute Gasteiger partial charge is 0.315 e. The van der Waals surface area contributed by atoms with Gasteiger partial charge in [0.15, 0.2) is 0 Å². The van der Waals surface area contributed by atoms with Gasteiger partial charge in [-0.1, -0.05) is 52.0 Å². The predicted molar refractivity (Wildman–Crippen MR) is 74.4 cm³/mol. The lowest BCUT2D eigenvalue weighted by Crippen LogP contribution is -2.57. The van der Waals surface area contributed by atoms with Crippen LogP contribution in [0, 0.1) is 11.3 Å². The van der Waals surface area contributed by atoms with Gasteiger partial charge in [-0.15, -0.1) is 0 Å². The summed E-state index contributed by atoms with van der Waals surface area (Å²) in [6.07, 6.45) is 1.22. The number of rotatable bonds is 4. The second kappa shape index (κ2) is 4.81. The first-order valence-electron chi connectivity index (χ1n) is 6.83. The number of nitrogens with one attached hydrogen (secondary N) is 1. The molecule has 0 aromatic heterocycles. The van der Waals surface area contributed by atoms with Gasteiger partial charge in [0.05, 0.1) is 0 Å². The minimum atomic E-state index is 0.499. The number of hydrogen-bond acceptors (Lipinski definition) is 1. The van der Waals surface area contributed by atoms with Gasteiger partial charge >= 0.3 is 0 Å². The lowest BCUT2D eigenvalue weighted by molar-refractivity contribution is 0.0995. The Bertz CT molecular complexity index is 358. The summed E-state index contributed by atoms with van der Waals surface area (Å²) in [6.45, 7) is 11.6. The molecule has 0 bridgehead atoms. The highest BCUT2D eigenvalue weighted by atomic mass is 15.0. The Morgan fingerprint density at radius 3 is 2.00 bits per heavy atom. The Hall–Kier alpha value is -0.820. The van der Waals surface area contributed by atoms with Crippen LogP contribution in [-0.4, -0.2) is 13.1 Å². The van der Waals surface area contributed by atoms with Gasteiger partial charge in [0.2, 0.25) is 0 Å². The van der Waals surface area contributed by atoms with Crippen LogP contribution in [-0.2, 0) is 6.42 Å². The molecule has 0 radical (unpaired) electrons. The van der Waals surface area contributed by atoms with Crippen LogP contribution in [0.3, 0.4) is 0 Å². The third-order valence-corrected chi connectivity index (χ3v) is 4.38. The Balaban J connectivity index is 2.08. The van der Waals surface area contributed by atoms with Crippen molar-refractivity contribution >= 4 is 0 Å². The molecular formula is C16H25N. The fourth-order valence-electron chi connectivity index (χ4n) is 2.61. The van der Waals surface area contributed by atoms with Gasteiger partial charge in [0.1, 0.15) is 0 Å². The molecule has 0 atom stereocenters. The summed E-state index contributed by atoms with van der Waals surface area (Å²) in [5.74, 6) is 1.39. The minimum absolute atomic E-state index is 0.499. The molecule has 1 N–H and O–H groups in total. The zero-order chi connectivity index (χ0) is 12.5. The highest BCUT2D eigenvalue weighted by molar-refractivity contribution is 5.26. The van der Waals surface area contributed by atoms with E-state index in [2.05, 4.69) is 57.3 Å². The Labute approximate surface area is 106 Å². The number of benzene rings is 1. The van der Waals surface area contributed by atoms with E-state index in [0.29, 0.717) is 11.3 Å². The van der Waals surface area contributed by atoms with Gasteiger partial charge in [-0.25, -0.2) is 0 Å². The molecule has 94 valence electrons. The average molecular weight is 231 g/mol. The SMILES string of the molecule is CC(C)c1ccc(CC2(C(C)C)CNC2)cc1. The summed E-state index contributed by atoms with van der Waals surface area (Å²) in [5, 5.41) is 3.43. The number of hydrogen-bond donors (Lipinski definition) is 1. The molecule has 0 saturated carbocycles. The van der Waals surface area contributed by atoms with Crippen molar-refractivity contribution in [1.82, 2.24) is 5.32 Å². The molecule has 2 rings (SSSR count). The van der Waals surface area contributed by atoms with Gasteiger partial charge in [-0.2, -0.15) is 0 Å². The molecule has 0 spiro atoms. The third kappa shape index (κ3) is 2.55. The average Bonchev–Trinajstić information content (AvgIpc) is 2.23. The van der Waals surface area contributed by atoms with Crippen molar-refractivity contribution < 1.29 is 0 Å².